The molecule has 8 nitrogen and oxygen atoms in total. The Morgan fingerprint density at radius 3 is 2.22 bits per heavy atom. The average molecular weight is 574 g/mol. The van der Waals surface area contributed by atoms with Crippen molar-refractivity contribution in [3.63, 3.8) is 0 Å². The number of carbonyl (C=O) groups excluding carboxylic acids is 3. The van der Waals surface area contributed by atoms with E-state index >= 15 is 0 Å². The Labute approximate surface area is 248 Å². The van der Waals surface area contributed by atoms with E-state index in [0.717, 1.165) is 25.7 Å². The molecule has 0 radical (unpaired) electrons. The number of likely N-dealkylation sites (tertiary alicyclic amines) is 1. The Balaban J connectivity index is 2.07. The summed E-state index contributed by atoms with van der Waals surface area (Å²) in [5.41, 5.74) is 0. The number of ether oxygens (including phenoxy) is 2. The number of carbonyl (C=O) groups is 3. The van der Waals surface area contributed by atoms with Gasteiger partial charge in [-0.2, -0.15) is 0 Å². The van der Waals surface area contributed by atoms with Crippen molar-refractivity contribution < 1.29 is 23.9 Å². The van der Waals surface area contributed by atoms with Crippen molar-refractivity contribution in [3.8, 4) is 0 Å². The quantitative estimate of drug-likeness (QED) is 0.288. The van der Waals surface area contributed by atoms with Gasteiger partial charge in [0.15, 0.2) is 0 Å². The molecule has 1 saturated heterocycles. The summed E-state index contributed by atoms with van der Waals surface area (Å²) in [7, 11) is 5.07. The largest absolute Gasteiger partial charge is 0.379 e. The number of methoxy groups -OCH3 is 2. The predicted molar refractivity (Wildman–Crippen MR) is 164 cm³/mol. The highest BCUT2D eigenvalue weighted by molar-refractivity contribution is 5.80. The summed E-state index contributed by atoms with van der Waals surface area (Å²) in [5, 5.41) is 3.08. The van der Waals surface area contributed by atoms with E-state index < -0.39 is 18.1 Å². The zero-order chi connectivity index (χ0) is 30.5. The van der Waals surface area contributed by atoms with Crippen LogP contribution in [-0.2, 0) is 23.9 Å². The third-order valence-corrected chi connectivity index (χ3v) is 8.71. The smallest absolute Gasteiger partial charge is 0.225 e. The number of likely N-dealkylation sites (N-methyl/N-ethyl adjacent to an activating group) is 1. The molecule has 0 aromatic rings. The van der Waals surface area contributed by atoms with Crippen LogP contribution in [0.4, 0.5) is 0 Å². The van der Waals surface area contributed by atoms with Crippen LogP contribution in [0.25, 0.3) is 0 Å². The minimum atomic E-state index is -0.427. The maximum Gasteiger partial charge on any atom is 0.225 e. The van der Waals surface area contributed by atoms with Crippen LogP contribution in [0, 0.1) is 23.7 Å². The summed E-state index contributed by atoms with van der Waals surface area (Å²) < 4.78 is 11.8. The molecule has 0 unspecified atom stereocenters. The monoisotopic (exact) mass is 573 g/mol. The van der Waals surface area contributed by atoms with Crippen LogP contribution in [0.3, 0.4) is 0 Å². The van der Waals surface area contributed by atoms with Crippen molar-refractivity contribution in [2.24, 2.45) is 23.7 Å². The number of nitrogens with zero attached hydrogens (tertiary/aromatic N) is 2. The Morgan fingerprint density at radius 2 is 1.66 bits per heavy atom. The van der Waals surface area contributed by atoms with E-state index in [2.05, 4.69) is 31.3 Å². The molecule has 1 heterocycles. The highest BCUT2D eigenvalue weighted by Gasteiger charge is 2.41. The van der Waals surface area contributed by atoms with Crippen molar-refractivity contribution in [2.75, 3.05) is 34.4 Å². The first kappa shape index (κ1) is 34.7. The standard InChI is InChI=1S/C33H55N3O5/c1-9-24(4)31(35(6)29(37)21-23(2)3)28(40-7)22-30(38)36-20-14-17-27(36)32(41-8)25(5)33(39)34-19-18-26-15-12-10-11-13-16-26/h10-13,15-16,23-28,31-32H,9,14,17-22H2,1-8H3,(H,34,39)/t24-,25+,27-,28+,31-,32+/m0/s1. The average Bonchev–Trinajstić information content (AvgIpc) is 3.28. The molecule has 0 bridgehead atoms. The maximum absolute atomic E-state index is 13.8. The van der Waals surface area contributed by atoms with Gasteiger partial charge in [-0.1, -0.05) is 77.5 Å². The molecule has 1 aliphatic carbocycles. The van der Waals surface area contributed by atoms with Crippen LogP contribution in [0.2, 0.25) is 0 Å². The van der Waals surface area contributed by atoms with Gasteiger partial charge >= 0.3 is 0 Å². The Morgan fingerprint density at radius 1 is 1.00 bits per heavy atom. The molecule has 1 N–H and O–H groups in total. The van der Waals surface area contributed by atoms with Crippen molar-refractivity contribution in [2.45, 2.75) is 97.4 Å². The van der Waals surface area contributed by atoms with E-state index in [1.54, 1.807) is 19.1 Å². The fourth-order valence-corrected chi connectivity index (χ4v) is 6.14. The van der Waals surface area contributed by atoms with E-state index in [9.17, 15) is 14.4 Å². The van der Waals surface area contributed by atoms with Gasteiger partial charge in [-0.3, -0.25) is 14.4 Å². The second-order valence-corrected chi connectivity index (χ2v) is 12.1. The summed E-state index contributed by atoms with van der Waals surface area (Å²) in [6, 6.07) is -0.398. The molecule has 2 aliphatic rings. The van der Waals surface area contributed by atoms with Crippen molar-refractivity contribution >= 4 is 17.7 Å². The van der Waals surface area contributed by atoms with Gasteiger partial charge in [0.2, 0.25) is 17.7 Å². The van der Waals surface area contributed by atoms with Gasteiger partial charge in [-0.25, -0.2) is 0 Å². The summed E-state index contributed by atoms with van der Waals surface area (Å²) in [6.45, 7) is 11.4. The molecular formula is C33H55N3O5. The molecule has 0 aromatic heterocycles. The van der Waals surface area contributed by atoms with E-state index in [-0.39, 0.29) is 54.0 Å². The fourth-order valence-electron chi connectivity index (χ4n) is 6.14. The van der Waals surface area contributed by atoms with Gasteiger partial charge in [0.05, 0.1) is 36.6 Å². The molecule has 1 fully saturated rings. The summed E-state index contributed by atoms with van der Waals surface area (Å²) >= 11 is 0. The Hall–Kier alpha value is -2.45. The molecule has 232 valence electrons. The van der Waals surface area contributed by atoms with E-state index in [4.69, 9.17) is 9.47 Å². The van der Waals surface area contributed by atoms with Crippen LogP contribution in [0.1, 0.15) is 73.1 Å². The predicted octanol–water partition coefficient (Wildman–Crippen LogP) is 4.76. The van der Waals surface area contributed by atoms with E-state index in [0.29, 0.717) is 19.5 Å². The lowest BCUT2D eigenvalue weighted by Gasteiger charge is -2.39. The Kier molecular flexibility index (Phi) is 14.8. The van der Waals surface area contributed by atoms with Gasteiger partial charge in [0.25, 0.3) is 0 Å². The van der Waals surface area contributed by atoms with Gasteiger partial charge in [0, 0.05) is 40.8 Å². The van der Waals surface area contributed by atoms with Crippen molar-refractivity contribution in [1.29, 1.82) is 0 Å². The summed E-state index contributed by atoms with van der Waals surface area (Å²) in [6.07, 6.45) is 15.5. The minimum absolute atomic E-state index is 0.0208. The van der Waals surface area contributed by atoms with Crippen LogP contribution >= 0.6 is 0 Å². The van der Waals surface area contributed by atoms with Gasteiger partial charge in [-0.05, 0) is 37.0 Å². The number of allylic oxidation sites excluding steroid dienone is 6. The number of amides is 3. The first-order valence-electron chi connectivity index (χ1n) is 15.5. The third-order valence-electron chi connectivity index (χ3n) is 8.71. The Bertz CT molecular complexity index is 914. The second-order valence-electron chi connectivity index (χ2n) is 12.1. The molecule has 2 rings (SSSR count). The van der Waals surface area contributed by atoms with Gasteiger partial charge < -0.3 is 24.6 Å². The van der Waals surface area contributed by atoms with E-state index in [1.807, 2.05) is 57.0 Å². The van der Waals surface area contributed by atoms with Gasteiger partial charge in [0.1, 0.15) is 0 Å². The number of hydrogen-bond donors (Lipinski definition) is 1. The molecule has 6 atom stereocenters. The molecule has 41 heavy (non-hydrogen) atoms. The van der Waals surface area contributed by atoms with Crippen molar-refractivity contribution in [3.05, 3.63) is 36.5 Å². The second kappa shape index (κ2) is 17.5. The number of hydrogen-bond acceptors (Lipinski definition) is 5. The molecule has 0 aromatic carbocycles. The lowest BCUT2D eigenvalue weighted by molar-refractivity contribution is -0.146. The molecule has 1 aliphatic heterocycles. The third kappa shape index (κ3) is 10.1. The SMILES string of the molecule is CC[C@H](C)[C@@H]([C@@H](CC(=O)N1CCC[C@H]1[C@H](OC)[C@@H](C)C(=O)NCCC1C=CC=CC=C1)OC)N(C)C(=O)CC(C)C. The highest BCUT2D eigenvalue weighted by atomic mass is 16.5. The normalized spacial score (nSPS) is 20.9. The zero-order valence-electron chi connectivity index (χ0n) is 26.7. The zero-order valence-corrected chi connectivity index (χ0v) is 26.7. The molecule has 8 heteroatoms. The molecular weight excluding hydrogens is 518 g/mol. The summed E-state index contributed by atoms with van der Waals surface area (Å²) in [4.78, 5) is 43.5. The van der Waals surface area contributed by atoms with Crippen LogP contribution < -0.4 is 5.32 Å². The van der Waals surface area contributed by atoms with Crippen LogP contribution in [-0.4, -0.2) is 86.2 Å². The summed E-state index contributed by atoms with van der Waals surface area (Å²) in [5.74, 6) is 0.282. The van der Waals surface area contributed by atoms with Crippen molar-refractivity contribution in [1.82, 2.24) is 15.1 Å². The number of nitrogens with one attached hydrogen (secondary N) is 1. The molecule has 3 amide bonds. The van der Waals surface area contributed by atoms with Crippen LogP contribution in [0.5, 0.6) is 0 Å². The lowest BCUT2D eigenvalue weighted by Crippen LogP contribution is -2.53. The highest BCUT2D eigenvalue weighted by Crippen LogP contribution is 2.29. The molecule has 0 saturated carbocycles. The minimum Gasteiger partial charge on any atom is -0.379 e. The fraction of sp³-hybridized carbons (Fsp3) is 0.727. The van der Waals surface area contributed by atoms with E-state index in [1.165, 1.54) is 0 Å². The molecule has 0 spiro atoms. The van der Waals surface area contributed by atoms with Gasteiger partial charge in [-0.15, -0.1) is 0 Å². The topological polar surface area (TPSA) is 88.2 Å². The number of rotatable bonds is 16. The van der Waals surface area contributed by atoms with Crippen LogP contribution in [0.15, 0.2) is 36.5 Å². The maximum atomic E-state index is 13.8. The first-order chi connectivity index (χ1) is 19.5. The first-order valence-corrected chi connectivity index (χ1v) is 15.5. The lowest BCUT2D eigenvalue weighted by atomic mass is 9.90.